The monoisotopic (exact) mass is 410 g/mol. The van der Waals surface area contributed by atoms with Crippen LogP contribution < -0.4 is 5.32 Å². The lowest BCUT2D eigenvalue weighted by molar-refractivity contribution is -0.384. The number of hydrogen-bond donors (Lipinski definition) is 1. The molecule has 0 aromatic heterocycles. The number of benzene rings is 2. The third-order valence-corrected chi connectivity index (χ3v) is 3.77. The van der Waals surface area contributed by atoms with E-state index in [-0.39, 0.29) is 21.4 Å². The highest BCUT2D eigenvalue weighted by molar-refractivity contribution is 9.10. The van der Waals surface area contributed by atoms with E-state index in [0.717, 1.165) is 12.1 Å². The van der Waals surface area contributed by atoms with Crippen LogP contribution in [0.1, 0.15) is 15.9 Å². The molecule has 0 saturated carbocycles. The second-order valence-corrected chi connectivity index (χ2v) is 5.88. The molecule has 0 spiro atoms. The molecule has 1 amide bonds. The Kier molecular flexibility index (Phi) is 5.81. The molecular formula is C16H12BrFN2O5. The smallest absolute Gasteiger partial charge is 0.339 e. The van der Waals surface area contributed by atoms with Crippen molar-refractivity contribution in [1.82, 2.24) is 0 Å². The minimum atomic E-state index is -0.833. The zero-order valence-corrected chi connectivity index (χ0v) is 14.5. The lowest BCUT2D eigenvalue weighted by atomic mass is 10.2. The molecular weight excluding hydrogens is 399 g/mol. The van der Waals surface area contributed by atoms with Crippen LogP contribution in [-0.2, 0) is 9.53 Å². The Morgan fingerprint density at radius 1 is 1.28 bits per heavy atom. The third kappa shape index (κ3) is 4.83. The van der Waals surface area contributed by atoms with E-state index >= 15 is 0 Å². The molecule has 130 valence electrons. The summed E-state index contributed by atoms with van der Waals surface area (Å²) in [6.07, 6.45) is 0. The van der Waals surface area contributed by atoms with Crippen molar-refractivity contribution in [3.05, 3.63) is 67.9 Å². The van der Waals surface area contributed by atoms with E-state index in [0.29, 0.717) is 5.56 Å². The van der Waals surface area contributed by atoms with Crippen LogP contribution in [-0.4, -0.2) is 23.4 Å². The molecule has 7 nitrogen and oxygen atoms in total. The van der Waals surface area contributed by atoms with Crippen LogP contribution in [0.3, 0.4) is 0 Å². The quantitative estimate of drug-likeness (QED) is 0.461. The highest BCUT2D eigenvalue weighted by Gasteiger charge is 2.18. The van der Waals surface area contributed by atoms with Crippen LogP contribution in [0.25, 0.3) is 0 Å². The van der Waals surface area contributed by atoms with Gasteiger partial charge in [-0.05, 0) is 52.7 Å². The van der Waals surface area contributed by atoms with Gasteiger partial charge in [-0.15, -0.1) is 0 Å². The van der Waals surface area contributed by atoms with Gasteiger partial charge in [-0.2, -0.15) is 0 Å². The molecule has 0 aliphatic rings. The van der Waals surface area contributed by atoms with Gasteiger partial charge in [-0.3, -0.25) is 14.9 Å². The molecule has 0 unspecified atom stereocenters. The number of halogens is 2. The lowest BCUT2D eigenvalue weighted by Gasteiger charge is -2.08. The van der Waals surface area contributed by atoms with Crippen LogP contribution in [0.2, 0.25) is 0 Å². The number of rotatable bonds is 5. The number of amides is 1. The minimum Gasteiger partial charge on any atom is -0.452 e. The normalized spacial score (nSPS) is 10.2. The second kappa shape index (κ2) is 7.84. The number of nitro benzene ring substituents is 1. The van der Waals surface area contributed by atoms with E-state index in [1.54, 1.807) is 13.0 Å². The first-order valence-electron chi connectivity index (χ1n) is 6.95. The summed E-state index contributed by atoms with van der Waals surface area (Å²) in [5.74, 6) is -2.10. The highest BCUT2D eigenvalue weighted by Crippen LogP contribution is 2.25. The van der Waals surface area contributed by atoms with E-state index in [1.807, 2.05) is 0 Å². The van der Waals surface area contributed by atoms with Crippen LogP contribution in [0.15, 0.2) is 40.9 Å². The maximum absolute atomic E-state index is 13.0. The Hall–Kier alpha value is -2.81. The first kappa shape index (κ1) is 18.5. The number of carbonyl (C=O) groups is 2. The van der Waals surface area contributed by atoms with Gasteiger partial charge in [0, 0.05) is 10.5 Å². The van der Waals surface area contributed by atoms with Gasteiger partial charge in [-0.1, -0.05) is 6.07 Å². The summed E-state index contributed by atoms with van der Waals surface area (Å²) in [5.41, 5.74) is 0.452. The minimum absolute atomic E-state index is 0.000360. The van der Waals surface area contributed by atoms with E-state index in [2.05, 4.69) is 21.2 Å². The molecule has 0 heterocycles. The average molecular weight is 411 g/mol. The van der Waals surface area contributed by atoms with Crippen molar-refractivity contribution in [2.45, 2.75) is 6.92 Å². The topological polar surface area (TPSA) is 98.5 Å². The van der Waals surface area contributed by atoms with Crippen molar-refractivity contribution >= 4 is 39.2 Å². The molecule has 0 fully saturated rings. The number of nitrogens with one attached hydrogen (secondary N) is 1. The molecule has 0 aliphatic heterocycles. The van der Waals surface area contributed by atoms with Crippen LogP contribution in [0, 0.1) is 22.9 Å². The number of anilines is 1. The van der Waals surface area contributed by atoms with Gasteiger partial charge in [0.1, 0.15) is 11.5 Å². The summed E-state index contributed by atoms with van der Waals surface area (Å²) < 4.78 is 18.0. The van der Waals surface area contributed by atoms with Gasteiger partial charge in [-0.25, -0.2) is 9.18 Å². The van der Waals surface area contributed by atoms with E-state index < -0.39 is 29.2 Å². The SMILES string of the molecule is Cc1ccc(NC(=O)COC(=O)c2ccc(F)cc2Br)c([N+](=O)[O-])c1. The molecule has 2 rings (SSSR count). The highest BCUT2D eigenvalue weighted by atomic mass is 79.9. The lowest BCUT2D eigenvalue weighted by Crippen LogP contribution is -2.21. The summed E-state index contributed by atoms with van der Waals surface area (Å²) in [5, 5.41) is 13.3. The fraction of sp³-hybridized carbons (Fsp3) is 0.125. The zero-order chi connectivity index (χ0) is 18.6. The molecule has 1 N–H and O–H groups in total. The Morgan fingerprint density at radius 3 is 2.64 bits per heavy atom. The maximum Gasteiger partial charge on any atom is 0.339 e. The summed E-state index contributed by atoms with van der Waals surface area (Å²) in [7, 11) is 0. The summed E-state index contributed by atoms with van der Waals surface area (Å²) in [4.78, 5) is 34.1. The molecule has 2 aromatic rings. The largest absolute Gasteiger partial charge is 0.452 e. The van der Waals surface area contributed by atoms with Gasteiger partial charge in [0.25, 0.3) is 11.6 Å². The number of nitrogens with zero attached hydrogens (tertiary/aromatic N) is 1. The Bertz CT molecular complexity index is 856. The molecule has 25 heavy (non-hydrogen) atoms. The van der Waals surface area contributed by atoms with Crippen LogP contribution in [0.4, 0.5) is 15.8 Å². The molecule has 0 bridgehead atoms. The number of carbonyl (C=O) groups excluding carboxylic acids is 2. The average Bonchev–Trinajstić information content (AvgIpc) is 2.54. The predicted molar refractivity (Wildman–Crippen MR) is 90.8 cm³/mol. The second-order valence-electron chi connectivity index (χ2n) is 5.03. The first-order chi connectivity index (χ1) is 11.8. The standard InChI is InChI=1S/C16H12BrFN2O5/c1-9-2-5-13(14(6-9)20(23)24)19-15(21)8-25-16(22)11-4-3-10(18)7-12(11)17/h2-7H,8H2,1H3,(H,19,21). The van der Waals surface area contributed by atoms with Crippen molar-refractivity contribution < 1.29 is 23.6 Å². The number of hydrogen-bond acceptors (Lipinski definition) is 5. The van der Waals surface area contributed by atoms with Crippen molar-refractivity contribution in [2.75, 3.05) is 11.9 Å². The molecule has 0 saturated heterocycles. The fourth-order valence-electron chi connectivity index (χ4n) is 1.95. The van der Waals surface area contributed by atoms with Gasteiger partial charge >= 0.3 is 5.97 Å². The third-order valence-electron chi connectivity index (χ3n) is 3.11. The van der Waals surface area contributed by atoms with E-state index in [4.69, 9.17) is 4.74 Å². The zero-order valence-electron chi connectivity index (χ0n) is 12.9. The van der Waals surface area contributed by atoms with Crippen molar-refractivity contribution in [1.29, 1.82) is 0 Å². The Labute approximate surface area is 150 Å². The maximum atomic E-state index is 13.0. The molecule has 9 heteroatoms. The van der Waals surface area contributed by atoms with Crippen LogP contribution in [0.5, 0.6) is 0 Å². The molecule has 0 aliphatic carbocycles. The van der Waals surface area contributed by atoms with E-state index in [9.17, 15) is 24.1 Å². The van der Waals surface area contributed by atoms with Gasteiger partial charge in [0.15, 0.2) is 6.61 Å². The van der Waals surface area contributed by atoms with Gasteiger partial charge in [0.05, 0.1) is 10.5 Å². The summed E-state index contributed by atoms with van der Waals surface area (Å²) in [6.45, 7) is 1.04. The van der Waals surface area contributed by atoms with E-state index in [1.165, 1.54) is 18.2 Å². The number of nitro groups is 1. The van der Waals surface area contributed by atoms with Crippen molar-refractivity contribution in [2.24, 2.45) is 0 Å². The molecule has 0 radical (unpaired) electrons. The number of aryl methyl sites for hydroxylation is 1. The van der Waals surface area contributed by atoms with Crippen LogP contribution >= 0.6 is 15.9 Å². The fourth-order valence-corrected chi connectivity index (χ4v) is 2.46. The summed E-state index contributed by atoms with van der Waals surface area (Å²) >= 11 is 3.02. The van der Waals surface area contributed by atoms with Gasteiger partial charge < -0.3 is 10.1 Å². The first-order valence-corrected chi connectivity index (χ1v) is 7.74. The molecule has 2 aromatic carbocycles. The van der Waals surface area contributed by atoms with Gasteiger partial charge in [0.2, 0.25) is 0 Å². The van der Waals surface area contributed by atoms with Crippen molar-refractivity contribution in [3.63, 3.8) is 0 Å². The molecule has 0 atom stereocenters. The predicted octanol–water partition coefficient (Wildman–Crippen LogP) is 3.60. The number of ether oxygens (including phenoxy) is 1. The summed E-state index contributed by atoms with van der Waals surface area (Å²) in [6, 6.07) is 7.69. The Balaban J connectivity index is 2.01. The van der Waals surface area contributed by atoms with Crippen molar-refractivity contribution in [3.8, 4) is 0 Å². The Morgan fingerprint density at radius 2 is 2.00 bits per heavy atom. The number of esters is 1.